The van der Waals surface area contributed by atoms with Crippen LogP contribution in [-0.2, 0) is 0 Å². The molecular weight excluding hydrogens is 166 g/mol. The number of hydrogen-bond acceptors (Lipinski definition) is 2. The predicted octanol–water partition coefficient (Wildman–Crippen LogP) is 3.06. The van der Waals surface area contributed by atoms with Crippen molar-refractivity contribution in [2.75, 3.05) is 0 Å². The van der Waals surface area contributed by atoms with Gasteiger partial charge in [0.1, 0.15) is 0 Å². The molecule has 0 aliphatic carbocycles. The zero-order chi connectivity index (χ0) is 9.72. The van der Waals surface area contributed by atoms with E-state index in [0.717, 1.165) is 15.4 Å². The fraction of sp³-hybridized carbons (Fsp3) is 0.400. The Morgan fingerprint density at radius 3 is 2.17 bits per heavy atom. The van der Waals surface area contributed by atoms with Crippen molar-refractivity contribution >= 4 is 11.8 Å². The SMILES string of the molecule is C=C(C)/C=C(\SC(=C)C)C(C)N. The van der Waals surface area contributed by atoms with Crippen LogP contribution in [0.5, 0.6) is 0 Å². The quantitative estimate of drug-likeness (QED) is 0.678. The first-order chi connectivity index (χ1) is 5.43. The highest BCUT2D eigenvalue weighted by Crippen LogP contribution is 2.26. The van der Waals surface area contributed by atoms with E-state index >= 15 is 0 Å². The van der Waals surface area contributed by atoms with E-state index in [1.807, 2.05) is 26.8 Å². The molecule has 2 heteroatoms. The smallest absolute Gasteiger partial charge is 0.0329 e. The summed E-state index contributed by atoms with van der Waals surface area (Å²) in [5.41, 5.74) is 6.79. The van der Waals surface area contributed by atoms with E-state index in [9.17, 15) is 0 Å². The molecule has 2 N–H and O–H groups in total. The average molecular weight is 183 g/mol. The Bertz CT molecular complexity index is 214. The average Bonchev–Trinajstić information content (AvgIpc) is 1.83. The molecule has 0 amide bonds. The summed E-state index contributed by atoms with van der Waals surface area (Å²) < 4.78 is 0. The van der Waals surface area contributed by atoms with Gasteiger partial charge in [0.15, 0.2) is 0 Å². The fourth-order valence-electron chi connectivity index (χ4n) is 0.698. The van der Waals surface area contributed by atoms with Crippen LogP contribution in [0.4, 0.5) is 0 Å². The van der Waals surface area contributed by atoms with Gasteiger partial charge in [0, 0.05) is 10.9 Å². The molecule has 0 rings (SSSR count). The standard InChI is InChI=1S/C10H17NS/c1-7(2)6-10(9(5)11)12-8(3)4/h6,9H,1,3,11H2,2,4-5H3/b10-6-. The van der Waals surface area contributed by atoms with Crippen molar-refractivity contribution in [1.29, 1.82) is 0 Å². The third-order valence-electron chi connectivity index (χ3n) is 1.13. The molecule has 0 saturated heterocycles. The Morgan fingerprint density at radius 1 is 1.42 bits per heavy atom. The maximum atomic E-state index is 5.76. The molecule has 0 spiro atoms. The van der Waals surface area contributed by atoms with Crippen molar-refractivity contribution in [2.24, 2.45) is 5.73 Å². The van der Waals surface area contributed by atoms with E-state index in [1.54, 1.807) is 11.8 Å². The normalized spacial score (nSPS) is 14.2. The van der Waals surface area contributed by atoms with Gasteiger partial charge in [0.25, 0.3) is 0 Å². The summed E-state index contributed by atoms with van der Waals surface area (Å²) in [6, 6.07) is 0.0587. The lowest BCUT2D eigenvalue weighted by Crippen LogP contribution is -2.16. The molecule has 0 aromatic rings. The number of nitrogens with two attached hydrogens (primary N) is 1. The van der Waals surface area contributed by atoms with Gasteiger partial charge in [0.2, 0.25) is 0 Å². The first-order valence-electron chi connectivity index (χ1n) is 3.89. The summed E-state index contributed by atoms with van der Waals surface area (Å²) in [6.45, 7) is 13.5. The predicted molar refractivity (Wildman–Crippen MR) is 59.0 cm³/mol. The van der Waals surface area contributed by atoms with Crippen molar-refractivity contribution in [3.05, 3.63) is 34.6 Å². The van der Waals surface area contributed by atoms with Gasteiger partial charge in [-0.15, -0.1) is 0 Å². The van der Waals surface area contributed by atoms with Crippen LogP contribution in [0, 0.1) is 0 Å². The Hall–Kier alpha value is -0.470. The molecule has 0 saturated carbocycles. The molecule has 68 valence electrons. The van der Waals surface area contributed by atoms with E-state index in [-0.39, 0.29) is 6.04 Å². The van der Waals surface area contributed by atoms with Crippen LogP contribution in [0.1, 0.15) is 20.8 Å². The van der Waals surface area contributed by atoms with Crippen LogP contribution in [0.2, 0.25) is 0 Å². The molecule has 0 bridgehead atoms. The van der Waals surface area contributed by atoms with Gasteiger partial charge in [-0.05, 0) is 31.8 Å². The van der Waals surface area contributed by atoms with Gasteiger partial charge >= 0.3 is 0 Å². The maximum Gasteiger partial charge on any atom is 0.0329 e. The van der Waals surface area contributed by atoms with Gasteiger partial charge in [-0.25, -0.2) is 0 Å². The summed E-state index contributed by atoms with van der Waals surface area (Å²) in [6.07, 6.45) is 2.00. The highest BCUT2D eigenvalue weighted by atomic mass is 32.2. The third kappa shape index (κ3) is 5.22. The lowest BCUT2D eigenvalue weighted by molar-refractivity contribution is 0.910. The third-order valence-corrected chi connectivity index (χ3v) is 2.20. The molecule has 0 fully saturated rings. The van der Waals surface area contributed by atoms with Gasteiger partial charge in [0.05, 0.1) is 0 Å². The molecule has 1 nitrogen and oxygen atoms in total. The molecule has 1 atom stereocenters. The number of allylic oxidation sites excluding steroid dienone is 3. The second kappa shape index (κ2) is 5.22. The Balaban J connectivity index is 4.44. The monoisotopic (exact) mass is 183 g/mol. The molecule has 0 radical (unpaired) electrons. The van der Waals surface area contributed by atoms with E-state index in [0.29, 0.717) is 0 Å². The van der Waals surface area contributed by atoms with Crippen LogP contribution >= 0.6 is 11.8 Å². The van der Waals surface area contributed by atoms with Gasteiger partial charge in [-0.1, -0.05) is 30.5 Å². The topological polar surface area (TPSA) is 26.0 Å². The van der Waals surface area contributed by atoms with Gasteiger partial charge < -0.3 is 5.73 Å². The van der Waals surface area contributed by atoms with Crippen molar-refractivity contribution in [2.45, 2.75) is 26.8 Å². The van der Waals surface area contributed by atoms with Gasteiger partial charge in [-0.3, -0.25) is 0 Å². The van der Waals surface area contributed by atoms with Crippen molar-refractivity contribution in [1.82, 2.24) is 0 Å². The number of rotatable bonds is 4. The fourth-order valence-corrected chi connectivity index (χ4v) is 1.55. The second-order valence-corrected chi connectivity index (χ2v) is 4.36. The van der Waals surface area contributed by atoms with E-state index in [4.69, 9.17) is 5.73 Å². The lowest BCUT2D eigenvalue weighted by Gasteiger charge is -2.10. The minimum atomic E-state index is 0.0587. The summed E-state index contributed by atoms with van der Waals surface area (Å²) >= 11 is 1.62. The number of hydrogen-bond donors (Lipinski definition) is 1. The van der Waals surface area contributed by atoms with E-state index in [2.05, 4.69) is 13.2 Å². The molecule has 0 aromatic heterocycles. The molecular formula is C10H17NS. The van der Waals surface area contributed by atoms with Crippen molar-refractivity contribution in [3.63, 3.8) is 0 Å². The van der Waals surface area contributed by atoms with E-state index < -0.39 is 0 Å². The Labute approximate surface area is 79.4 Å². The molecule has 0 aliphatic rings. The molecule has 0 heterocycles. The highest BCUT2D eigenvalue weighted by Gasteiger charge is 2.03. The van der Waals surface area contributed by atoms with Crippen molar-refractivity contribution < 1.29 is 0 Å². The maximum absolute atomic E-state index is 5.76. The van der Waals surface area contributed by atoms with Gasteiger partial charge in [-0.2, -0.15) is 0 Å². The second-order valence-electron chi connectivity index (χ2n) is 2.99. The summed E-state index contributed by atoms with van der Waals surface area (Å²) in [4.78, 5) is 2.18. The molecule has 12 heavy (non-hydrogen) atoms. The van der Waals surface area contributed by atoms with Crippen LogP contribution in [0.25, 0.3) is 0 Å². The lowest BCUT2D eigenvalue weighted by atomic mass is 10.2. The first-order valence-corrected chi connectivity index (χ1v) is 4.71. The highest BCUT2D eigenvalue weighted by molar-refractivity contribution is 8.06. The minimum Gasteiger partial charge on any atom is -0.324 e. The first kappa shape index (κ1) is 11.5. The molecule has 0 aliphatic heterocycles. The van der Waals surface area contributed by atoms with Crippen LogP contribution < -0.4 is 5.73 Å². The largest absolute Gasteiger partial charge is 0.324 e. The zero-order valence-electron chi connectivity index (χ0n) is 8.05. The zero-order valence-corrected chi connectivity index (χ0v) is 8.87. The van der Waals surface area contributed by atoms with Crippen LogP contribution in [0.3, 0.4) is 0 Å². The summed E-state index contributed by atoms with van der Waals surface area (Å²) in [7, 11) is 0. The van der Waals surface area contributed by atoms with Crippen LogP contribution in [0.15, 0.2) is 34.6 Å². The minimum absolute atomic E-state index is 0.0587. The Kier molecular flexibility index (Phi) is 5.02. The van der Waals surface area contributed by atoms with Crippen molar-refractivity contribution in [3.8, 4) is 0 Å². The molecule has 1 unspecified atom stereocenters. The summed E-state index contributed by atoms with van der Waals surface area (Å²) in [5, 5.41) is 0. The number of thioether (sulfide) groups is 1. The van der Waals surface area contributed by atoms with Crippen LogP contribution in [-0.4, -0.2) is 6.04 Å². The van der Waals surface area contributed by atoms with E-state index in [1.165, 1.54) is 0 Å². The molecule has 0 aromatic carbocycles. The summed E-state index contributed by atoms with van der Waals surface area (Å²) in [5.74, 6) is 0. The Morgan fingerprint density at radius 2 is 1.92 bits per heavy atom.